The molecule has 1 aromatic carbocycles. The average molecular weight is 430 g/mol. The Balaban J connectivity index is 1.63. The maximum absolute atomic E-state index is 13.0. The van der Waals surface area contributed by atoms with E-state index in [1.165, 1.54) is 11.3 Å². The number of imide groups is 1. The van der Waals surface area contributed by atoms with Gasteiger partial charge in [0, 0.05) is 43.3 Å². The van der Waals surface area contributed by atoms with Crippen LogP contribution in [-0.4, -0.2) is 52.9 Å². The number of nitrogens with zero attached hydrogens (tertiary/aromatic N) is 3. The highest BCUT2D eigenvalue weighted by Gasteiger charge is 2.36. The van der Waals surface area contributed by atoms with Crippen LogP contribution in [0.2, 0.25) is 0 Å². The maximum Gasteiger partial charge on any atom is 0.261 e. The molecule has 2 aliphatic rings. The molecule has 0 saturated carbocycles. The fourth-order valence-corrected chi connectivity index (χ4v) is 5.11. The average Bonchev–Trinajstić information content (AvgIpc) is 3.48. The predicted molar refractivity (Wildman–Crippen MR) is 121 cm³/mol. The minimum absolute atomic E-state index is 0.300. The minimum Gasteiger partial charge on any atom is -0.360 e. The minimum atomic E-state index is -0.430. The molecule has 2 aliphatic heterocycles. The Kier molecular flexibility index (Phi) is 4.12. The van der Waals surface area contributed by atoms with Crippen molar-refractivity contribution in [2.24, 2.45) is 0 Å². The standard InChI is InChI=1S/C22H18N6O2S/c29-20-16(13-11-24-15-5-10-31-19(13)15)17(21(30)27-20)18-12-3-1-2-4-14(12)25-22(26-18)28-8-6-23-7-9-28/h1-5,10-11,23-24H,6-9H2,(H,27,29,30). The van der Waals surface area contributed by atoms with Crippen molar-refractivity contribution in [3.8, 4) is 0 Å². The Morgan fingerprint density at radius 3 is 2.65 bits per heavy atom. The lowest BCUT2D eigenvalue weighted by molar-refractivity contribution is -0.122. The number of anilines is 1. The van der Waals surface area contributed by atoms with Gasteiger partial charge in [0.2, 0.25) is 5.95 Å². The number of amides is 2. The smallest absolute Gasteiger partial charge is 0.261 e. The van der Waals surface area contributed by atoms with Crippen molar-refractivity contribution in [2.75, 3.05) is 31.1 Å². The largest absolute Gasteiger partial charge is 0.360 e. The molecule has 0 atom stereocenters. The quantitative estimate of drug-likeness (QED) is 0.431. The highest BCUT2D eigenvalue weighted by molar-refractivity contribution is 7.17. The van der Waals surface area contributed by atoms with Gasteiger partial charge in [0.05, 0.1) is 32.6 Å². The number of nitrogens with one attached hydrogen (secondary N) is 3. The lowest BCUT2D eigenvalue weighted by Crippen LogP contribution is -2.44. The van der Waals surface area contributed by atoms with E-state index in [0.29, 0.717) is 22.8 Å². The van der Waals surface area contributed by atoms with E-state index in [0.717, 1.165) is 52.9 Å². The van der Waals surface area contributed by atoms with E-state index in [1.54, 1.807) is 6.20 Å². The van der Waals surface area contributed by atoms with Crippen LogP contribution in [0.1, 0.15) is 11.3 Å². The van der Waals surface area contributed by atoms with Gasteiger partial charge in [-0.1, -0.05) is 18.2 Å². The van der Waals surface area contributed by atoms with E-state index in [4.69, 9.17) is 9.97 Å². The maximum atomic E-state index is 13.0. The van der Waals surface area contributed by atoms with Gasteiger partial charge < -0.3 is 15.2 Å². The van der Waals surface area contributed by atoms with Gasteiger partial charge in [0.1, 0.15) is 0 Å². The van der Waals surface area contributed by atoms with Gasteiger partial charge in [0.15, 0.2) is 0 Å². The molecule has 0 spiro atoms. The van der Waals surface area contributed by atoms with Crippen molar-refractivity contribution in [1.29, 1.82) is 0 Å². The number of rotatable bonds is 3. The molecule has 8 nitrogen and oxygen atoms in total. The Morgan fingerprint density at radius 1 is 0.968 bits per heavy atom. The van der Waals surface area contributed by atoms with Crippen molar-refractivity contribution in [2.45, 2.75) is 0 Å². The molecule has 154 valence electrons. The van der Waals surface area contributed by atoms with E-state index in [-0.39, 0.29) is 0 Å². The zero-order valence-electron chi connectivity index (χ0n) is 16.4. The van der Waals surface area contributed by atoms with E-state index in [1.807, 2.05) is 35.7 Å². The van der Waals surface area contributed by atoms with Crippen molar-refractivity contribution in [1.82, 2.24) is 25.6 Å². The number of H-pyrrole nitrogens is 1. The summed E-state index contributed by atoms with van der Waals surface area (Å²) in [6.45, 7) is 3.25. The second-order valence-corrected chi connectivity index (χ2v) is 8.44. The van der Waals surface area contributed by atoms with Crippen molar-refractivity contribution in [3.05, 3.63) is 53.2 Å². The summed E-state index contributed by atoms with van der Waals surface area (Å²) in [7, 11) is 0. The van der Waals surface area contributed by atoms with E-state index < -0.39 is 11.8 Å². The topological polar surface area (TPSA) is 103 Å². The summed E-state index contributed by atoms with van der Waals surface area (Å²) in [4.78, 5) is 40.8. The summed E-state index contributed by atoms with van der Waals surface area (Å²) in [5.41, 5.74) is 3.55. The van der Waals surface area contributed by atoms with Gasteiger partial charge in [0.25, 0.3) is 11.8 Å². The Morgan fingerprint density at radius 2 is 1.77 bits per heavy atom. The summed E-state index contributed by atoms with van der Waals surface area (Å²) in [6.07, 6.45) is 1.79. The van der Waals surface area contributed by atoms with Crippen molar-refractivity contribution in [3.63, 3.8) is 0 Å². The number of thiophene rings is 1. The molecule has 6 rings (SSSR count). The van der Waals surface area contributed by atoms with Crippen molar-refractivity contribution < 1.29 is 9.59 Å². The lowest BCUT2D eigenvalue weighted by Gasteiger charge is -2.28. The first-order valence-corrected chi connectivity index (χ1v) is 11.0. The number of hydrogen-bond donors (Lipinski definition) is 3. The summed E-state index contributed by atoms with van der Waals surface area (Å²) >= 11 is 1.53. The van der Waals surface area contributed by atoms with E-state index in [9.17, 15) is 9.59 Å². The van der Waals surface area contributed by atoms with Gasteiger partial charge in [-0.3, -0.25) is 14.9 Å². The molecule has 0 radical (unpaired) electrons. The molecule has 0 bridgehead atoms. The van der Waals surface area contributed by atoms with Crippen LogP contribution in [0.5, 0.6) is 0 Å². The Bertz CT molecular complexity index is 1400. The number of para-hydroxylation sites is 1. The first-order valence-electron chi connectivity index (χ1n) is 10.1. The molecule has 2 amide bonds. The number of hydrogen-bond acceptors (Lipinski definition) is 7. The summed E-state index contributed by atoms with van der Waals surface area (Å²) < 4.78 is 0.943. The van der Waals surface area contributed by atoms with E-state index >= 15 is 0 Å². The predicted octanol–water partition coefficient (Wildman–Crippen LogP) is 2.15. The highest BCUT2D eigenvalue weighted by Crippen LogP contribution is 2.38. The van der Waals surface area contributed by atoms with Crippen LogP contribution in [0.4, 0.5) is 5.95 Å². The molecule has 9 heteroatoms. The fraction of sp³-hybridized carbons (Fsp3) is 0.182. The van der Waals surface area contributed by atoms with Crippen molar-refractivity contribution >= 4 is 61.4 Å². The zero-order valence-corrected chi connectivity index (χ0v) is 17.3. The molecule has 1 saturated heterocycles. The molecule has 4 aromatic rings. The third kappa shape index (κ3) is 2.85. The van der Waals surface area contributed by atoms with Gasteiger partial charge in [-0.15, -0.1) is 11.3 Å². The fourth-order valence-electron chi connectivity index (χ4n) is 4.23. The Hall–Kier alpha value is -3.56. The van der Waals surface area contributed by atoms with Crippen LogP contribution < -0.4 is 15.5 Å². The molecule has 1 fully saturated rings. The number of carbonyl (C=O) groups is 2. The molecule has 0 unspecified atom stereocenters. The number of benzene rings is 1. The second-order valence-electron chi connectivity index (χ2n) is 7.53. The second kappa shape index (κ2) is 7.00. The summed E-state index contributed by atoms with van der Waals surface area (Å²) in [6, 6.07) is 9.57. The third-order valence-corrected chi connectivity index (χ3v) is 6.66. The van der Waals surface area contributed by atoms with Crippen LogP contribution in [-0.2, 0) is 9.59 Å². The molecule has 0 aliphatic carbocycles. The SMILES string of the molecule is O=C1NC(=O)C(c2c[nH]c3ccsc23)=C1c1nc(N2CCNCC2)nc2ccccc12. The summed E-state index contributed by atoms with van der Waals surface area (Å²) in [5, 5.41) is 8.51. The number of aromatic nitrogens is 3. The normalized spacial score (nSPS) is 17.2. The number of fused-ring (bicyclic) bond motifs is 2. The van der Waals surface area contributed by atoms with Crippen LogP contribution in [0.25, 0.3) is 32.3 Å². The van der Waals surface area contributed by atoms with Crippen LogP contribution in [0.15, 0.2) is 41.9 Å². The van der Waals surface area contributed by atoms with Crippen LogP contribution >= 0.6 is 11.3 Å². The summed E-state index contributed by atoms with van der Waals surface area (Å²) in [5.74, 6) is -0.258. The van der Waals surface area contributed by atoms with Gasteiger partial charge in [-0.05, 0) is 17.5 Å². The lowest BCUT2D eigenvalue weighted by atomic mass is 9.99. The first kappa shape index (κ1) is 18.2. The molecule has 31 heavy (non-hydrogen) atoms. The Labute approximate surface area is 181 Å². The molecular weight excluding hydrogens is 412 g/mol. The molecule has 3 aromatic heterocycles. The first-order chi connectivity index (χ1) is 15.2. The van der Waals surface area contributed by atoms with Gasteiger partial charge >= 0.3 is 0 Å². The van der Waals surface area contributed by atoms with Gasteiger partial charge in [-0.25, -0.2) is 9.97 Å². The molecule has 5 heterocycles. The van der Waals surface area contributed by atoms with E-state index in [2.05, 4.69) is 20.5 Å². The van der Waals surface area contributed by atoms with Crippen LogP contribution in [0.3, 0.4) is 0 Å². The molecule has 3 N–H and O–H groups in total. The molecular formula is C22H18N6O2S. The third-order valence-electron chi connectivity index (χ3n) is 5.71. The monoisotopic (exact) mass is 430 g/mol. The number of piperazine rings is 1. The number of carbonyl (C=O) groups excluding carboxylic acids is 2. The van der Waals surface area contributed by atoms with Gasteiger partial charge in [-0.2, -0.15) is 0 Å². The number of aromatic amines is 1. The van der Waals surface area contributed by atoms with Crippen LogP contribution in [0, 0.1) is 0 Å². The highest BCUT2D eigenvalue weighted by atomic mass is 32.1. The zero-order chi connectivity index (χ0) is 20.9.